The first-order valence-corrected chi connectivity index (χ1v) is 4.49. The van der Waals surface area contributed by atoms with Gasteiger partial charge < -0.3 is 10.7 Å². The van der Waals surface area contributed by atoms with E-state index in [0.29, 0.717) is 6.54 Å². The summed E-state index contributed by atoms with van der Waals surface area (Å²) in [6.45, 7) is 4.83. The predicted octanol–water partition coefficient (Wildman–Crippen LogP) is 2.24. The third-order valence-electron chi connectivity index (χ3n) is 2.44. The lowest BCUT2D eigenvalue weighted by Gasteiger charge is -2.00. The van der Waals surface area contributed by atoms with Crippen LogP contribution in [0.5, 0.6) is 0 Å². The van der Waals surface area contributed by atoms with Crippen LogP contribution in [0.25, 0.3) is 10.9 Å². The molecule has 0 saturated carbocycles. The van der Waals surface area contributed by atoms with Crippen molar-refractivity contribution in [2.24, 2.45) is 5.73 Å². The lowest BCUT2D eigenvalue weighted by atomic mass is 10.1. The Balaban J connectivity index is 2.82. The van der Waals surface area contributed by atoms with Gasteiger partial charge in [0.2, 0.25) is 0 Å². The van der Waals surface area contributed by atoms with Crippen LogP contribution in [0.3, 0.4) is 0 Å². The Bertz CT molecular complexity index is 441. The first-order valence-electron chi connectivity index (χ1n) is 4.49. The molecule has 13 heavy (non-hydrogen) atoms. The van der Waals surface area contributed by atoms with Crippen molar-refractivity contribution < 1.29 is 0 Å². The van der Waals surface area contributed by atoms with E-state index in [1.54, 1.807) is 0 Å². The van der Waals surface area contributed by atoms with Gasteiger partial charge in [-0.1, -0.05) is 11.6 Å². The molecule has 0 aliphatic rings. The van der Waals surface area contributed by atoms with Crippen LogP contribution in [0.1, 0.15) is 16.7 Å². The average Bonchev–Trinajstić information content (AvgIpc) is 2.47. The second-order valence-corrected chi connectivity index (χ2v) is 3.52. The lowest BCUT2D eigenvalue weighted by Crippen LogP contribution is -1.94. The molecular weight excluding hydrogens is 160 g/mol. The molecular formula is C11H14N2. The SMILES string of the molecule is Cc1cc(C)c2[nH]cc(CN)c2c1. The van der Waals surface area contributed by atoms with E-state index in [-0.39, 0.29) is 0 Å². The van der Waals surface area contributed by atoms with Gasteiger partial charge in [0.15, 0.2) is 0 Å². The molecule has 0 fully saturated rings. The second kappa shape index (κ2) is 2.89. The molecule has 0 unspecified atom stereocenters. The number of aromatic amines is 1. The van der Waals surface area contributed by atoms with Crippen LogP contribution in [0, 0.1) is 13.8 Å². The van der Waals surface area contributed by atoms with E-state index in [4.69, 9.17) is 5.73 Å². The molecule has 0 saturated heterocycles. The highest BCUT2D eigenvalue weighted by molar-refractivity contribution is 5.86. The Morgan fingerprint density at radius 2 is 2.08 bits per heavy atom. The molecule has 2 nitrogen and oxygen atoms in total. The van der Waals surface area contributed by atoms with Crippen molar-refractivity contribution in [2.75, 3.05) is 0 Å². The van der Waals surface area contributed by atoms with Gasteiger partial charge in [0.1, 0.15) is 0 Å². The van der Waals surface area contributed by atoms with Gasteiger partial charge >= 0.3 is 0 Å². The number of aryl methyl sites for hydroxylation is 2. The van der Waals surface area contributed by atoms with E-state index in [2.05, 4.69) is 31.0 Å². The van der Waals surface area contributed by atoms with Gasteiger partial charge in [0.05, 0.1) is 0 Å². The van der Waals surface area contributed by atoms with Gasteiger partial charge in [-0.05, 0) is 31.0 Å². The molecule has 0 radical (unpaired) electrons. The molecule has 0 bridgehead atoms. The van der Waals surface area contributed by atoms with E-state index in [1.807, 2.05) is 6.20 Å². The van der Waals surface area contributed by atoms with E-state index >= 15 is 0 Å². The monoisotopic (exact) mass is 174 g/mol. The third-order valence-corrected chi connectivity index (χ3v) is 2.44. The lowest BCUT2D eigenvalue weighted by molar-refractivity contribution is 1.08. The van der Waals surface area contributed by atoms with Gasteiger partial charge in [-0.3, -0.25) is 0 Å². The summed E-state index contributed by atoms with van der Waals surface area (Å²) in [4.78, 5) is 3.25. The highest BCUT2D eigenvalue weighted by Crippen LogP contribution is 2.22. The van der Waals surface area contributed by atoms with Crippen molar-refractivity contribution in [3.05, 3.63) is 35.0 Å². The Kier molecular flexibility index (Phi) is 1.85. The molecule has 2 rings (SSSR count). The minimum Gasteiger partial charge on any atom is -0.361 e. The molecule has 1 aromatic heterocycles. The summed E-state index contributed by atoms with van der Waals surface area (Å²) in [5.41, 5.74) is 10.6. The topological polar surface area (TPSA) is 41.8 Å². The number of aromatic nitrogens is 1. The molecule has 0 atom stereocenters. The van der Waals surface area contributed by atoms with Gasteiger partial charge in [-0.25, -0.2) is 0 Å². The number of nitrogens with two attached hydrogens (primary N) is 1. The van der Waals surface area contributed by atoms with Crippen molar-refractivity contribution in [3.63, 3.8) is 0 Å². The molecule has 1 heterocycles. The molecule has 2 aromatic rings. The molecule has 0 spiro atoms. The number of benzene rings is 1. The quantitative estimate of drug-likeness (QED) is 0.684. The standard InChI is InChI=1S/C11H14N2/c1-7-3-8(2)11-10(4-7)9(5-12)6-13-11/h3-4,6,13H,5,12H2,1-2H3. The summed E-state index contributed by atoms with van der Waals surface area (Å²) >= 11 is 0. The van der Waals surface area contributed by atoms with Crippen LogP contribution in [0.2, 0.25) is 0 Å². The minimum atomic E-state index is 0.600. The maximum atomic E-state index is 5.64. The first-order chi connectivity index (χ1) is 6.22. The summed E-state index contributed by atoms with van der Waals surface area (Å²) in [7, 11) is 0. The fraction of sp³-hybridized carbons (Fsp3) is 0.273. The highest BCUT2D eigenvalue weighted by Gasteiger charge is 2.04. The van der Waals surface area contributed by atoms with Crippen LogP contribution in [-0.2, 0) is 6.54 Å². The number of nitrogens with one attached hydrogen (secondary N) is 1. The van der Waals surface area contributed by atoms with Gasteiger partial charge in [0.25, 0.3) is 0 Å². The molecule has 68 valence electrons. The van der Waals surface area contributed by atoms with Crippen molar-refractivity contribution >= 4 is 10.9 Å². The number of hydrogen-bond donors (Lipinski definition) is 2. The van der Waals surface area contributed by atoms with Crippen LogP contribution in [0.4, 0.5) is 0 Å². The van der Waals surface area contributed by atoms with E-state index in [0.717, 1.165) is 0 Å². The Hall–Kier alpha value is -1.28. The summed E-state index contributed by atoms with van der Waals surface area (Å²) in [5, 5.41) is 1.26. The summed E-state index contributed by atoms with van der Waals surface area (Å²) in [6, 6.07) is 4.36. The van der Waals surface area contributed by atoms with Crippen molar-refractivity contribution in [1.82, 2.24) is 4.98 Å². The number of hydrogen-bond acceptors (Lipinski definition) is 1. The predicted molar refractivity (Wildman–Crippen MR) is 55.7 cm³/mol. The number of fused-ring (bicyclic) bond motifs is 1. The van der Waals surface area contributed by atoms with Gasteiger partial charge in [-0.2, -0.15) is 0 Å². The minimum absolute atomic E-state index is 0.600. The van der Waals surface area contributed by atoms with Crippen LogP contribution in [-0.4, -0.2) is 4.98 Å². The maximum Gasteiger partial charge on any atom is 0.0487 e. The number of rotatable bonds is 1. The van der Waals surface area contributed by atoms with Crippen LogP contribution < -0.4 is 5.73 Å². The average molecular weight is 174 g/mol. The van der Waals surface area contributed by atoms with E-state index in [9.17, 15) is 0 Å². The fourth-order valence-electron chi connectivity index (χ4n) is 1.82. The van der Waals surface area contributed by atoms with E-state index in [1.165, 1.54) is 27.6 Å². The maximum absolute atomic E-state index is 5.64. The third kappa shape index (κ3) is 1.23. The molecule has 0 aliphatic carbocycles. The first kappa shape index (κ1) is 8.32. The van der Waals surface area contributed by atoms with Gasteiger partial charge in [-0.15, -0.1) is 0 Å². The largest absolute Gasteiger partial charge is 0.361 e. The van der Waals surface area contributed by atoms with Crippen molar-refractivity contribution in [3.8, 4) is 0 Å². The molecule has 3 N–H and O–H groups in total. The Morgan fingerprint density at radius 1 is 1.31 bits per heavy atom. The molecule has 2 heteroatoms. The second-order valence-electron chi connectivity index (χ2n) is 3.52. The van der Waals surface area contributed by atoms with Gasteiger partial charge in [0, 0.05) is 23.6 Å². The fourth-order valence-corrected chi connectivity index (χ4v) is 1.82. The summed E-state index contributed by atoms with van der Waals surface area (Å²) in [6.07, 6.45) is 2.00. The van der Waals surface area contributed by atoms with Crippen molar-refractivity contribution in [2.45, 2.75) is 20.4 Å². The Labute approximate surface area is 77.8 Å². The Morgan fingerprint density at radius 3 is 2.77 bits per heavy atom. The zero-order valence-electron chi connectivity index (χ0n) is 8.02. The molecule has 0 amide bonds. The van der Waals surface area contributed by atoms with Crippen molar-refractivity contribution in [1.29, 1.82) is 0 Å². The van der Waals surface area contributed by atoms with Crippen LogP contribution >= 0.6 is 0 Å². The smallest absolute Gasteiger partial charge is 0.0487 e. The summed E-state index contributed by atoms with van der Waals surface area (Å²) < 4.78 is 0. The summed E-state index contributed by atoms with van der Waals surface area (Å²) in [5.74, 6) is 0. The molecule has 0 aliphatic heterocycles. The van der Waals surface area contributed by atoms with Crippen LogP contribution in [0.15, 0.2) is 18.3 Å². The number of H-pyrrole nitrogens is 1. The molecule has 1 aromatic carbocycles. The highest BCUT2D eigenvalue weighted by atomic mass is 14.7. The zero-order chi connectivity index (χ0) is 9.42. The van der Waals surface area contributed by atoms with E-state index < -0.39 is 0 Å². The normalized spacial score (nSPS) is 11.0. The zero-order valence-corrected chi connectivity index (χ0v) is 8.02.